The fraction of sp³-hybridized carbons (Fsp3) is 0.667. The molecule has 4 nitrogen and oxygen atoms in total. The minimum Gasteiger partial charge on any atom is -0.342 e. The quantitative estimate of drug-likeness (QED) is 0.675. The molecule has 3 rings (SSSR count). The van der Waals surface area contributed by atoms with Gasteiger partial charge in [-0.2, -0.15) is 0 Å². The zero-order chi connectivity index (χ0) is 21.0. The number of likely N-dealkylation sites (tertiary alicyclic amines) is 2. The molecule has 2 aliphatic heterocycles. The molecule has 5 heteroatoms. The Labute approximate surface area is 180 Å². The maximum absolute atomic E-state index is 12.8. The molecule has 1 atom stereocenters. The third kappa shape index (κ3) is 6.00. The fourth-order valence-electron chi connectivity index (χ4n) is 4.31. The zero-order valence-corrected chi connectivity index (χ0v) is 19.3. The maximum atomic E-state index is 12.8. The first kappa shape index (κ1) is 22.2. The van der Waals surface area contributed by atoms with Crippen LogP contribution >= 0.6 is 11.8 Å². The van der Waals surface area contributed by atoms with E-state index in [0.29, 0.717) is 30.7 Å². The van der Waals surface area contributed by atoms with Crippen LogP contribution in [0.25, 0.3) is 0 Å². The van der Waals surface area contributed by atoms with Gasteiger partial charge >= 0.3 is 0 Å². The topological polar surface area (TPSA) is 40.6 Å². The molecule has 29 heavy (non-hydrogen) atoms. The predicted molar refractivity (Wildman–Crippen MR) is 120 cm³/mol. The van der Waals surface area contributed by atoms with Gasteiger partial charge in [0.1, 0.15) is 0 Å². The number of nitrogens with zero attached hydrogens (tertiary/aromatic N) is 2. The third-order valence-electron chi connectivity index (χ3n) is 6.25. The van der Waals surface area contributed by atoms with Crippen LogP contribution in [0.4, 0.5) is 0 Å². The first-order chi connectivity index (χ1) is 13.7. The van der Waals surface area contributed by atoms with Crippen molar-refractivity contribution in [1.82, 2.24) is 9.80 Å². The summed E-state index contributed by atoms with van der Waals surface area (Å²) >= 11 is 1.61. The van der Waals surface area contributed by atoms with Crippen molar-refractivity contribution in [2.75, 3.05) is 31.9 Å². The van der Waals surface area contributed by atoms with Crippen molar-refractivity contribution in [3.8, 4) is 0 Å². The summed E-state index contributed by atoms with van der Waals surface area (Å²) in [5.41, 5.74) is 1.45. The van der Waals surface area contributed by atoms with Gasteiger partial charge in [0.15, 0.2) is 0 Å². The first-order valence-electron chi connectivity index (χ1n) is 11.0. The van der Waals surface area contributed by atoms with Gasteiger partial charge in [0.2, 0.25) is 11.8 Å². The predicted octanol–water partition coefficient (Wildman–Crippen LogP) is 4.57. The molecular weight excluding hydrogens is 380 g/mol. The smallest absolute Gasteiger partial charge is 0.232 e. The van der Waals surface area contributed by atoms with Gasteiger partial charge < -0.3 is 9.80 Å². The highest BCUT2D eigenvalue weighted by molar-refractivity contribution is 8.00. The molecule has 2 fully saturated rings. The van der Waals surface area contributed by atoms with Crippen LogP contribution < -0.4 is 0 Å². The molecule has 2 aliphatic rings. The summed E-state index contributed by atoms with van der Waals surface area (Å²) in [5.74, 6) is 1.69. The summed E-state index contributed by atoms with van der Waals surface area (Å²) in [6.07, 6.45) is 3.96. The molecule has 2 saturated heterocycles. The van der Waals surface area contributed by atoms with Crippen molar-refractivity contribution >= 4 is 23.6 Å². The molecule has 1 unspecified atom stereocenters. The van der Waals surface area contributed by atoms with Gasteiger partial charge in [0.25, 0.3) is 0 Å². The average molecular weight is 417 g/mol. The number of amides is 2. The van der Waals surface area contributed by atoms with Crippen LogP contribution in [-0.2, 0) is 15.0 Å². The molecule has 1 aromatic rings. The first-order valence-corrected chi connectivity index (χ1v) is 12.0. The minimum atomic E-state index is 0.0990. The van der Waals surface area contributed by atoms with E-state index >= 15 is 0 Å². The van der Waals surface area contributed by atoms with Gasteiger partial charge in [-0.05, 0) is 54.7 Å². The van der Waals surface area contributed by atoms with E-state index in [4.69, 9.17) is 0 Å². The Balaban J connectivity index is 1.43. The van der Waals surface area contributed by atoms with Crippen LogP contribution in [0, 0.1) is 11.8 Å². The normalized spacial score (nSPS) is 21.3. The molecule has 0 aromatic heterocycles. The molecule has 2 heterocycles. The summed E-state index contributed by atoms with van der Waals surface area (Å²) < 4.78 is 0. The Morgan fingerprint density at radius 2 is 1.66 bits per heavy atom. The Morgan fingerprint density at radius 3 is 2.24 bits per heavy atom. The second-order valence-corrected chi connectivity index (χ2v) is 10.8. The highest BCUT2D eigenvalue weighted by atomic mass is 32.2. The van der Waals surface area contributed by atoms with E-state index in [2.05, 4.69) is 56.9 Å². The zero-order valence-electron chi connectivity index (χ0n) is 18.4. The molecule has 0 aliphatic carbocycles. The van der Waals surface area contributed by atoms with Crippen LogP contribution in [0.5, 0.6) is 0 Å². The summed E-state index contributed by atoms with van der Waals surface area (Å²) in [4.78, 5) is 30.6. The molecule has 0 N–H and O–H groups in total. The van der Waals surface area contributed by atoms with Crippen LogP contribution in [0.2, 0.25) is 0 Å². The Morgan fingerprint density at radius 1 is 1.00 bits per heavy atom. The lowest BCUT2D eigenvalue weighted by molar-refractivity contribution is -0.141. The molecular formula is C24H36N2O2S. The largest absolute Gasteiger partial charge is 0.342 e. The number of rotatable bonds is 4. The maximum Gasteiger partial charge on any atom is 0.232 e. The van der Waals surface area contributed by atoms with E-state index < -0.39 is 0 Å². The van der Waals surface area contributed by atoms with Crippen LogP contribution in [-0.4, -0.2) is 53.5 Å². The van der Waals surface area contributed by atoms with Crippen LogP contribution in [0.1, 0.15) is 58.9 Å². The number of hydrogen-bond acceptors (Lipinski definition) is 3. The van der Waals surface area contributed by atoms with Gasteiger partial charge in [-0.25, -0.2) is 0 Å². The van der Waals surface area contributed by atoms with Gasteiger partial charge in [-0.15, -0.1) is 11.8 Å². The van der Waals surface area contributed by atoms with Crippen LogP contribution in [0.15, 0.2) is 29.2 Å². The Kier molecular flexibility index (Phi) is 7.31. The van der Waals surface area contributed by atoms with E-state index in [1.54, 1.807) is 11.8 Å². The molecule has 0 bridgehead atoms. The molecule has 2 amide bonds. The lowest BCUT2D eigenvalue weighted by atomic mass is 9.87. The Bertz CT molecular complexity index is 703. The number of piperidine rings is 2. The highest BCUT2D eigenvalue weighted by Crippen LogP contribution is 2.27. The standard InChI is InChI=1S/C24H36N2O2S/c1-18-6-5-13-26(16-18)23(28)19-11-14-25(15-12-19)22(27)17-29-21-9-7-20(8-10-21)24(2,3)4/h7-10,18-19H,5-6,11-17H2,1-4H3. The summed E-state index contributed by atoms with van der Waals surface area (Å²) in [6.45, 7) is 12.1. The van der Waals surface area contributed by atoms with E-state index in [0.717, 1.165) is 37.2 Å². The van der Waals surface area contributed by atoms with Crippen molar-refractivity contribution in [1.29, 1.82) is 0 Å². The van der Waals surface area contributed by atoms with Gasteiger partial charge in [-0.1, -0.05) is 39.8 Å². The highest BCUT2D eigenvalue weighted by Gasteiger charge is 2.31. The lowest BCUT2D eigenvalue weighted by Gasteiger charge is -2.37. The van der Waals surface area contributed by atoms with Crippen LogP contribution in [0.3, 0.4) is 0 Å². The number of thioether (sulfide) groups is 1. The van der Waals surface area contributed by atoms with E-state index in [1.165, 1.54) is 12.0 Å². The molecule has 0 radical (unpaired) electrons. The number of carbonyl (C=O) groups excluding carboxylic acids is 2. The summed E-state index contributed by atoms with van der Waals surface area (Å²) in [6, 6.07) is 8.54. The van der Waals surface area contributed by atoms with E-state index in [1.807, 2.05) is 4.90 Å². The molecule has 160 valence electrons. The van der Waals surface area contributed by atoms with Gasteiger partial charge in [0.05, 0.1) is 5.75 Å². The van der Waals surface area contributed by atoms with Crippen molar-refractivity contribution in [3.63, 3.8) is 0 Å². The van der Waals surface area contributed by atoms with Gasteiger partial charge in [-0.3, -0.25) is 9.59 Å². The van der Waals surface area contributed by atoms with Crippen molar-refractivity contribution in [2.45, 2.75) is 63.7 Å². The Hall–Kier alpha value is -1.49. The summed E-state index contributed by atoms with van der Waals surface area (Å²) in [5, 5.41) is 0. The average Bonchev–Trinajstić information content (AvgIpc) is 2.71. The number of benzene rings is 1. The van der Waals surface area contributed by atoms with E-state index in [9.17, 15) is 9.59 Å². The van der Waals surface area contributed by atoms with E-state index in [-0.39, 0.29) is 17.2 Å². The minimum absolute atomic E-state index is 0.0990. The lowest BCUT2D eigenvalue weighted by Crippen LogP contribution is -2.47. The summed E-state index contributed by atoms with van der Waals surface area (Å²) in [7, 11) is 0. The number of carbonyl (C=O) groups is 2. The fourth-order valence-corrected chi connectivity index (χ4v) is 5.11. The molecule has 0 spiro atoms. The SMILES string of the molecule is CC1CCCN(C(=O)C2CCN(C(=O)CSc3ccc(C(C)(C)C)cc3)CC2)C1. The molecule has 0 saturated carbocycles. The third-order valence-corrected chi connectivity index (χ3v) is 7.25. The molecule has 1 aromatic carbocycles. The number of hydrogen-bond donors (Lipinski definition) is 0. The van der Waals surface area contributed by atoms with Crippen molar-refractivity contribution < 1.29 is 9.59 Å². The van der Waals surface area contributed by atoms with Gasteiger partial charge in [0, 0.05) is 37.0 Å². The monoisotopic (exact) mass is 416 g/mol. The second-order valence-electron chi connectivity index (χ2n) is 9.75. The second kappa shape index (κ2) is 9.55. The van der Waals surface area contributed by atoms with Crippen molar-refractivity contribution in [2.24, 2.45) is 11.8 Å². The van der Waals surface area contributed by atoms with Crippen molar-refractivity contribution in [3.05, 3.63) is 29.8 Å².